The van der Waals surface area contributed by atoms with Gasteiger partial charge in [0.1, 0.15) is 5.76 Å². The molecule has 3 aromatic rings. The van der Waals surface area contributed by atoms with E-state index in [4.69, 9.17) is 0 Å². The standard InChI is InChI=1S/C24H18N2O5/c1-15-10-12-16(13-11-15)22(27)20-21(17-6-5-9-19(14-17)26(30)31)25(24(29)23(20)28)18-7-3-2-4-8-18/h2-14,21,27H,1H3/b22-20-. The fraction of sp³-hybridized carbons (Fsp3) is 0.0833. The molecule has 0 aromatic heterocycles. The monoisotopic (exact) mass is 414 g/mol. The summed E-state index contributed by atoms with van der Waals surface area (Å²) in [6.45, 7) is 1.89. The number of carbonyl (C=O) groups excluding carboxylic acids is 2. The van der Waals surface area contributed by atoms with E-state index in [1.807, 2.05) is 6.92 Å². The number of para-hydroxylation sites is 1. The van der Waals surface area contributed by atoms with Crippen molar-refractivity contribution in [1.82, 2.24) is 0 Å². The lowest BCUT2D eigenvalue weighted by molar-refractivity contribution is -0.384. The molecule has 1 heterocycles. The number of aliphatic hydroxyl groups excluding tert-OH is 1. The third kappa shape index (κ3) is 3.57. The maximum Gasteiger partial charge on any atom is 0.300 e. The molecule has 0 spiro atoms. The molecule has 1 atom stereocenters. The average Bonchev–Trinajstić information content (AvgIpc) is 3.05. The van der Waals surface area contributed by atoms with Crippen molar-refractivity contribution in [3.63, 3.8) is 0 Å². The predicted molar refractivity (Wildman–Crippen MR) is 116 cm³/mol. The van der Waals surface area contributed by atoms with Crippen molar-refractivity contribution in [3.05, 3.63) is 111 Å². The van der Waals surface area contributed by atoms with E-state index in [2.05, 4.69) is 0 Å². The third-order valence-electron chi connectivity index (χ3n) is 5.20. The molecule has 4 rings (SSSR count). The Morgan fingerprint density at radius 2 is 1.65 bits per heavy atom. The van der Waals surface area contributed by atoms with Crippen LogP contribution >= 0.6 is 0 Å². The molecule has 0 saturated carbocycles. The molecule has 1 N–H and O–H groups in total. The highest BCUT2D eigenvalue weighted by Gasteiger charge is 2.47. The molecule has 0 bridgehead atoms. The second-order valence-corrected chi connectivity index (χ2v) is 7.22. The number of nitro benzene ring substituents is 1. The number of Topliss-reactive ketones (excluding diaryl/α,β-unsaturated/α-hetero) is 1. The van der Waals surface area contributed by atoms with Crippen LogP contribution in [-0.2, 0) is 9.59 Å². The van der Waals surface area contributed by atoms with Gasteiger partial charge in [-0.3, -0.25) is 24.6 Å². The number of benzene rings is 3. The zero-order chi connectivity index (χ0) is 22.1. The first-order valence-corrected chi connectivity index (χ1v) is 9.56. The largest absolute Gasteiger partial charge is 0.507 e. The number of rotatable bonds is 4. The van der Waals surface area contributed by atoms with E-state index >= 15 is 0 Å². The van der Waals surface area contributed by atoms with E-state index in [1.165, 1.54) is 23.1 Å². The Balaban J connectivity index is 1.96. The lowest BCUT2D eigenvalue weighted by Crippen LogP contribution is -2.29. The molecule has 1 fully saturated rings. The molecule has 3 aromatic carbocycles. The molecule has 1 saturated heterocycles. The molecule has 0 aliphatic carbocycles. The number of non-ortho nitro benzene ring substituents is 1. The minimum atomic E-state index is -1.01. The van der Waals surface area contributed by atoms with Gasteiger partial charge in [-0.15, -0.1) is 0 Å². The summed E-state index contributed by atoms with van der Waals surface area (Å²) in [5.74, 6) is -1.98. The van der Waals surface area contributed by atoms with Crippen molar-refractivity contribution >= 4 is 28.8 Å². The Morgan fingerprint density at radius 1 is 0.968 bits per heavy atom. The van der Waals surface area contributed by atoms with Crippen molar-refractivity contribution in [1.29, 1.82) is 0 Å². The van der Waals surface area contributed by atoms with Crippen LogP contribution in [0.2, 0.25) is 0 Å². The van der Waals surface area contributed by atoms with Gasteiger partial charge in [0.25, 0.3) is 17.4 Å². The molecular formula is C24H18N2O5. The van der Waals surface area contributed by atoms with Crippen LogP contribution in [0, 0.1) is 17.0 Å². The summed E-state index contributed by atoms with van der Waals surface area (Å²) in [4.78, 5) is 38.1. The molecule has 7 heteroatoms. The molecular weight excluding hydrogens is 396 g/mol. The Bertz CT molecular complexity index is 1220. The SMILES string of the molecule is Cc1ccc(/C(O)=C2/C(=O)C(=O)N(c3ccccc3)C2c2cccc([N+](=O)[O-])c2)cc1. The minimum absolute atomic E-state index is 0.113. The summed E-state index contributed by atoms with van der Waals surface area (Å²) in [7, 11) is 0. The highest BCUT2D eigenvalue weighted by atomic mass is 16.6. The summed E-state index contributed by atoms with van der Waals surface area (Å²) < 4.78 is 0. The first-order valence-electron chi connectivity index (χ1n) is 9.56. The Morgan fingerprint density at radius 3 is 2.29 bits per heavy atom. The molecule has 1 aliphatic heterocycles. The molecule has 1 aliphatic rings. The number of carbonyl (C=O) groups is 2. The number of hydrogen-bond acceptors (Lipinski definition) is 5. The molecule has 31 heavy (non-hydrogen) atoms. The van der Waals surface area contributed by atoms with Crippen molar-refractivity contribution < 1.29 is 19.6 Å². The molecule has 154 valence electrons. The average molecular weight is 414 g/mol. The highest BCUT2D eigenvalue weighted by Crippen LogP contribution is 2.42. The summed E-state index contributed by atoms with van der Waals surface area (Å²) in [5, 5.41) is 22.3. The first kappa shape index (κ1) is 20.0. The van der Waals surface area contributed by atoms with Crippen molar-refractivity contribution in [2.75, 3.05) is 4.90 Å². The summed E-state index contributed by atoms with van der Waals surface area (Å²) in [6.07, 6.45) is 0. The zero-order valence-corrected chi connectivity index (χ0v) is 16.6. The minimum Gasteiger partial charge on any atom is -0.507 e. The van der Waals surface area contributed by atoms with E-state index in [-0.39, 0.29) is 17.0 Å². The number of hydrogen-bond donors (Lipinski definition) is 1. The van der Waals surface area contributed by atoms with E-state index in [0.29, 0.717) is 16.8 Å². The molecule has 1 amide bonds. The van der Waals surface area contributed by atoms with Gasteiger partial charge in [-0.05, 0) is 24.6 Å². The lowest BCUT2D eigenvalue weighted by atomic mass is 9.94. The molecule has 1 unspecified atom stereocenters. The number of aliphatic hydroxyl groups is 1. The number of nitrogens with zero attached hydrogens (tertiary/aromatic N) is 2. The number of nitro groups is 1. The Hall–Kier alpha value is -4.26. The third-order valence-corrected chi connectivity index (χ3v) is 5.20. The van der Waals surface area contributed by atoms with Gasteiger partial charge in [0.2, 0.25) is 0 Å². The van der Waals surface area contributed by atoms with Gasteiger partial charge in [0.05, 0.1) is 16.5 Å². The summed E-state index contributed by atoms with van der Waals surface area (Å²) >= 11 is 0. The topological polar surface area (TPSA) is 101 Å². The molecule has 0 radical (unpaired) electrons. The van der Waals surface area contributed by atoms with Crippen molar-refractivity contribution in [3.8, 4) is 0 Å². The first-order chi connectivity index (χ1) is 14.9. The van der Waals surface area contributed by atoms with Gasteiger partial charge in [-0.2, -0.15) is 0 Å². The van der Waals surface area contributed by atoms with Gasteiger partial charge >= 0.3 is 0 Å². The quantitative estimate of drug-likeness (QED) is 0.222. The fourth-order valence-electron chi connectivity index (χ4n) is 3.68. The normalized spacial score (nSPS) is 17.7. The van der Waals surface area contributed by atoms with Gasteiger partial charge in [-0.1, -0.05) is 60.2 Å². The smallest absolute Gasteiger partial charge is 0.300 e. The van der Waals surface area contributed by atoms with E-state index < -0.39 is 22.7 Å². The van der Waals surface area contributed by atoms with E-state index in [1.54, 1.807) is 60.7 Å². The van der Waals surface area contributed by atoms with Crippen LogP contribution in [0.15, 0.2) is 84.4 Å². The lowest BCUT2D eigenvalue weighted by Gasteiger charge is -2.25. The number of aryl methyl sites for hydroxylation is 1. The summed E-state index contributed by atoms with van der Waals surface area (Å²) in [5.41, 5.74) is 1.86. The van der Waals surface area contributed by atoms with Crippen molar-refractivity contribution in [2.24, 2.45) is 0 Å². The van der Waals surface area contributed by atoms with Crippen LogP contribution in [-0.4, -0.2) is 21.7 Å². The Kier molecular flexibility index (Phi) is 5.09. The van der Waals surface area contributed by atoms with Gasteiger partial charge in [0, 0.05) is 23.4 Å². The van der Waals surface area contributed by atoms with E-state index in [9.17, 15) is 24.8 Å². The number of amides is 1. The maximum atomic E-state index is 13.0. The van der Waals surface area contributed by atoms with Crippen LogP contribution < -0.4 is 4.90 Å². The van der Waals surface area contributed by atoms with Crippen LogP contribution in [0.25, 0.3) is 5.76 Å². The molecule has 7 nitrogen and oxygen atoms in total. The number of ketones is 1. The zero-order valence-electron chi connectivity index (χ0n) is 16.6. The Labute approximate surface area is 178 Å². The fourth-order valence-corrected chi connectivity index (χ4v) is 3.68. The highest BCUT2D eigenvalue weighted by molar-refractivity contribution is 6.51. The van der Waals surface area contributed by atoms with Crippen molar-refractivity contribution in [2.45, 2.75) is 13.0 Å². The van der Waals surface area contributed by atoms with Gasteiger partial charge in [-0.25, -0.2) is 0 Å². The van der Waals surface area contributed by atoms with Crippen LogP contribution in [0.1, 0.15) is 22.7 Å². The van der Waals surface area contributed by atoms with Crippen LogP contribution in [0.3, 0.4) is 0 Å². The number of anilines is 1. The van der Waals surface area contributed by atoms with Gasteiger partial charge in [0.15, 0.2) is 0 Å². The maximum absolute atomic E-state index is 13.0. The second kappa shape index (κ2) is 7.87. The van der Waals surface area contributed by atoms with E-state index in [0.717, 1.165) is 5.56 Å². The van der Waals surface area contributed by atoms with Crippen LogP contribution in [0.4, 0.5) is 11.4 Å². The predicted octanol–water partition coefficient (Wildman–Crippen LogP) is 4.53. The van der Waals surface area contributed by atoms with Gasteiger partial charge < -0.3 is 5.11 Å². The van der Waals surface area contributed by atoms with Crippen LogP contribution in [0.5, 0.6) is 0 Å². The summed E-state index contributed by atoms with van der Waals surface area (Å²) in [6, 6.07) is 20.2. The second-order valence-electron chi connectivity index (χ2n) is 7.22.